The largest absolute Gasteiger partial charge is 0.497 e. The highest BCUT2D eigenvalue weighted by atomic mass is 32.2. The number of nitrogens with zero attached hydrogens (tertiary/aromatic N) is 3. The van der Waals surface area contributed by atoms with E-state index in [-0.39, 0.29) is 0 Å². The molecule has 3 aromatic rings. The molecule has 2 heterocycles. The smallest absolute Gasteiger partial charge is 0.172 e. The van der Waals surface area contributed by atoms with Gasteiger partial charge in [-0.1, -0.05) is 23.0 Å². The van der Waals surface area contributed by atoms with Crippen LogP contribution in [0.25, 0.3) is 5.69 Å². The van der Waals surface area contributed by atoms with Crippen molar-refractivity contribution in [2.75, 3.05) is 7.11 Å². The summed E-state index contributed by atoms with van der Waals surface area (Å²) >= 11 is 1.69. The van der Waals surface area contributed by atoms with Crippen molar-refractivity contribution in [3.05, 3.63) is 54.2 Å². The highest BCUT2D eigenvalue weighted by molar-refractivity contribution is 7.98. The van der Waals surface area contributed by atoms with Gasteiger partial charge in [0.1, 0.15) is 11.5 Å². The maximum absolute atomic E-state index is 5.40. The Balaban J connectivity index is 1.54. The summed E-state index contributed by atoms with van der Waals surface area (Å²) in [5.41, 5.74) is 2.22. The highest BCUT2D eigenvalue weighted by Gasteiger charge is 2.30. The van der Waals surface area contributed by atoms with Crippen LogP contribution in [0.2, 0.25) is 0 Å². The van der Waals surface area contributed by atoms with Gasteiger partial charge in [0.05, 0.1) is 19.0 Å². The van der Waals surface area contributed by atoms with E-state index in [4.69, 9.17) is 9.26 Å². The monoisotopic (exact) mass is 327 g/mol. The van der Waals surface area contributed by atoms with Gasteiger partial charge < -0.3 is 9.26 Å². The van der Waals surface area contributed by atoms with Gasteiger partial charge in [-0.15, -0.1) is 0 Å². The Labute approximate surface area is 138 Å². The fourth-order valence-corrected chi connectivity index (χ4v) is 3.50. The second kappa shape index (κ2) is 6.12. The molecule has 0 aliphatic heterocycles. The van der Waals surface area contributed by atoms with Gasteiger partial charge in [0.2, 0.25) is 0 Å². The van der Waals surface area contributed by atoms with Crippen molar-refractivity contribution in [2.45, 2.75) is 29.7 Å². The molecule has 1 aliphatic carbocycles. The van der Waals surface area contributed by atoms with E-state index < -0.39 is 0 Å². The van der Waals surface area contributed by atoms with Crippen molar-refractivity contribution in [1.29, 1.82) is 0 Å². The summed E-state index contributed by atoms with van der Waals surface area (Å²) in [6, 6.07) is 7.96. The maximum Gasteiger partial charge on any atom is 0.172 e. The highest BCUT2D eigenvalue weighted by Crippen LogP contribution is 2.42. The molecule has 6 heteroatoms. The van der Waals surface area contributed by atoms with Crippen LogP contribution in [-0.4, -0.2) is 21.8 Å². The molecule has 0 N–H and O–H groups in total. The minimum atomic E-state index is 0.575. The molecule has 5 nitrogen and oxygen atoms in total. The molecule has 0 bridgehead atoms. The van der Waals surface area contributed by atoms with Gasteiger partial charge in [-0.3, -0.25) is 4.57 Å². The van der Waals surface area contributed by atoms with Crippen molar-refractivity contribution in [1.82, 2.24) is 14.7 Å². The van der Waals surface area contributed by atoms with Gasteiger partial charge in [0.15, 0.2) is 5.16 Å². The number of rotatable bonds is 6. The van der Waals surface area contributed by atoms with E-state index in [1.165, 1.54) is 18.4 Å². The molecule has 0 amide bonds. The first-order chi connectivity index (χ1) is 11.3. The zero-order chi connectivity index (χ0) is 15.6. The standard InChI is InChI=1S/C17H17N3O2S/c1-21-15-4-2-3-14(9-15)20-8-7-18-17(20)23-11-13-10-19-22-16(13)12-5-6-12/h2-4,7-10,12H,5-6,11H2,1H3. The van der Waals surface area contributed by atoms with Crippen molar-refractivity contribution in [3.63, 3.8) is 0 Å². The third-order valence-corrected chi connectivity index (χ3v) is 4.93. The van der Waals surface area contributed by atoms with Crippen LogP contribution >= 0.6 is 11.8 Å². The van der Waals surface area contributed by atoms with E-state index in [1.54, 1.807) is 18.9 Å². The zero-order valence-electron chi connectivity index (χ0n) is 12.8. The topological polar surface area (TPSA) is 53.1 Å². The van der Waals surface area contributed by atoms with Crippen molar-refractivity contribution in [2.24, 2.45) is 0 Å². The number of hydrogen-bond donors (Lipinski definition) is 0. The lowest BCUT2D eigenvalue weighted by molar-refractivity contribution is 0.383. The Hall–Kier alpha value is -2.21. The second-order valence-corrected chi connectivity index (χ2v) is 6.50. The van der Waals surface area contributed by atoms with Gasteiger partial charge in [-0.05, 0) is 25.0 Å². The zero-order valence-corrected chi connectivity index (χ0v) is 13.6. The first kappa shape index (κ1) is 14.4. The molecule has 0 atom stereocenters. The van der Waals surface area contributed by atoms with Gasteiger partial charge in [0.25, 0.3) is 0 Å². The number of imidazole rings is 1. The molecular formula is C17H17N3O2S. The average molecular weight is 327 g/mol. The lowest BCUT2D eigenvalue weighted by atomic mass is 10.2. The first-order valence-electron chi connectivity index (χ1n) is 7.59. The SMILES string of the molecule is COc1cccc(-n2ccnc2SCc2cnoc2C2CC2)c1. The Morgan fingerprint density at radius 1 is 1.39 bits per heavy atom. The van der Waals surface area contributed by atoms with Gasteiger partial charge in [0, 0.05) is 35.7 Å². The van der Waals surface area contributed by atoms with E-state index >= 15 is 0 Å². The molecule has 0 spiro atoms. The molecule has 1 aliphatic rings. The molecule has 1 aromatic carbocycles. The van der Waals surface area contributed by atoms with E-state index in [9.17, 15) is 0 Å². The molecule has 23 heavy (non-hydrogen) atoms. The molecule has 1 fully saturated rings. The number of aromatic nitrogens is 3. The van der Waals surface area contributed by atoms with Gasteiger partial charge >= 0.3 is 0 Å². The predicted octanol–water partition coefficient (Wildman–Crippen LogP) is 4.04. The van der Waals surface area contributed by atoms with Crippen LogP contribution in [0.3, 0.4) is 0 Å². The number of hydrogen-bond acceptors (Lipinski definition) is 5. The number of thioether (sulfide) groups is 1. The Bertz CT molecular complexity index is 808. The third kappa shape index (κ3) is 2.99. The van der Waals surface area contributed by atoms with E-state index in [1.807, 2.05) is 42.9 Å². The summed E-state index contributed by atoms with van der Waals surface area (Å²) in [5.74, 6) is 3.28. The van der Waals surface area contributed by atoms with E-state index in [2.05, 4.69) is 14.7 Å². The Morgan fingerprint density at radius 2 is 2.30 bits per heavy atom. The van der Waals surface area contributed by atoms with E-state index in [0.29, 0.717) is 5.92 Å². The normalized spacial score (nSPS) is 14.1. The summed E-state index contributed by atoms with van der Waals surface area (Å²) in [4.78, 5) is 4.47. The van der Waals surface area contributed by atoms with E-state index in [0.717, 1.165) is 28.1 Å². The number of ether oxygens (including phenoxy) is 1. The molecule has 0 radical (unpaired) electrons. The van der Waals surface area contributed by atoms with Gasteiger partial charge in [-0.2, -0.15) is 0 Å². The molecule has 0 saturated heterocycles. The minimum absolute atomic E-state index is 0.575. The number of methoxy groups -OCH3 is 1. The molecule has 0 unspecified atom stereocenters. The summed E-state index contributed by atoms with van der Waals surface area (Å²) in [6.45, 7) is 0. The number of benzene rings is 1. The fourth-order valence-electron chi connectivity index (χ4n) is 2.56. The van der Waals surface area contributed by atoms with Crippen LogP contribution in [0, 0.1) is 0 Å². The average Bonchev–Trinajstić information content (AvgIpc) is 3.14. The molecular weight excluding hydrogens is 310 g/mol. The van der Waals surface area contributed by atoms with Crippen molar-refractivity contribution < 1.29 is 9.26 Å². The van der Waals surface area contributed by atoms with Crippen LogP contribution in [0.5, 0.6) is 5.75 Å². The summed E-state index contributed by atoms with van der Waals surface area (Å²) in [6.07, 6.45) is 8.04. The van der Waals surface area contributed by atoms with Crippen LogP contribution in [-0.2, 0) is 5.75 Å². The Morgan fingerprint density at radius 3 is 3.13 bits per heavy atom. The molecule has 118 valence electrons. The van der Waals surface area contributed by atoms with Gasteiger partial charge in [-0.25, -0.2) is 4.98 Å². The minimum Gasteiger partial charge on any atom is -0.497 e. The third-order valence-electron chi connectivity index (χ3n) is 3.92. The fraction of sp³-hybridized carbons (Fsp3) is 0.294. The summed E-state index contributed by atoms with van der Waals surface area (Å²) < 4.78 is 12.8. The Kier molecular flexibility index (Phi) is 3.83. The molecule has 1 saturated carbocycles. The lowest BCUT2D eigenvalue weighted by Crippen LogP contribution is -1.96. The predicted molar refractivity (Wildman–Crippen MR) is 88.2 cm³/mol. The van der Waals surface area contributed by atoms with Crippen LogP contribution in [0.15, 0.2) is 52.5 Å². The summed E-state index contributed by atoms with van der Waals surface area (Å²) in [7, 11) is 1.67. The molecule has 4 rings (SSSR count). The van der Waals surface area contributed by atoms with Crippen molar-refractivity contribution >= 4 is 11.8 Å². The quantitative estimate of drug-likeness (QED) is 0.640. The van der Waals surface area contributed by atoms with Crippen LogP contribution in [0.1, 0.15) is 30.1 Å². The van der Waals surface area contributed by atoms with Crippen molar-refractivity contribution in [3.8, 4) is 11.4 Å². The summed E-state index contributed by atoms with van der Waals surface area (Å²) in [5, 5.41) is 4.90. The van der Waals surface area contributed by atoms with Crippen LogP contribution < -0.4 is 4.74 Å². The van der Waals surface area contributed by atoms with Crippen LogP contribution in [0.4, 0.5) is 0 Å². The first-order valence-corrected chi connectivity index (χ1v) is 8.57. The molecule has 2 aromatic heterocycles. The maximum atomic E-state index is 5.40. The second-order valence-electron chi connectivity index (χ2n) is 5.56. The lowest BCUT2D eigenvalue weighted by Gasteiger charge is -2.09.